The van der Waals surface area contributed by atoms with Crippen molar-refractivity contribution in [3.8, 4) is 0 Å². The van der Waals surface area contributed by atoms with Gasteiger partial charge >= 0.3 is 5.97 Å². The maximum atomic E-state index is 11.3. The maximum absolute atomic E-state index is 11.3. The molecule has 0 aliphatic rings. The Bertz CT molecular complexity index is 1170. The largest absolute Gasteiger partial charge is 0.480 e. The third-order valence-electron chi connectivity index (χ3n) is 3.72. The third-order valence-corrected chi connectivity index (χ3v) is 4.74. The van der Waals surface area contributed by atoms with Gasteiger partial charge in [-0.25, -0.2) is 0 Å². The Labute approximate surface area is 164 Å². The zero-order chi connectivity index (χ0) is 20.5. The summed E-state index contributed by atoms with van der Waals surface area (Å²) >= 11 is 5.88. The first-order chi connectivity index (χ1) is 13.1. The van der Waals surface area contributed by atoms with Crippen molar-refractivity contribution in [1.82, 2.24) is 15.0 Å². The van der Waals surface area contributed by atoms with E-state index in [1.807, 2.05) is 0 Å². The summed E-state index contributed by atoms with van der Waals surface area (Å²) in [6.07, 6.45) is 0. The van der Waals surface area contributed by atoms with E-state index in [0.717, 1.165) is 0 Å². The molecule has 146 valence electrons. The number of aliphatic carboxylic acids is 1. The molecule has 4 N–H and O–H groups in total. The van der Waals surface area contributed by atoms with Crippen LogP contribution in [0.3, 0.4) is 0 Å². The Morgan fingerprint density at radius 2 is 1.86 bits per heavy atom. The number of hydrogen-bond acceptors (Lipinski definition) is 8. The van der Waals surface area contributed by atoms with Crippen molar-refractivity contribution in [2.24, 2.45) is 0 Å². The number of aromatic nitrogens is 3. The lowest BCUT2D eigenvalue weighted by Gasteiger charge is -2.12. The average Bonchev–Trinajstić information content (AvgIpc) is 2.60. The Hall–Kier alpha value is -3.02. The van der Waals surface area contributed by atoms with Crippen LogP contribution in [0.4, 0.5) is 17.6 Å². The zero-order valence-electron chi connectivity index (χ0n) is 14.3. The molecule has 0 spiro atoms. The summed E-state index contributed by atoms with van der Waals surface area (Å²) < 4.78 is 31.8. The van der Waals surface area contributed by atoms with Crippen molar-refractivity contribution in [2.45, 2.75) is 17.9 Å². The van der Waals surface area contributed by atoms with E-state index < -0.39 is 22.1 Å². The first-order valence-electron chi connectivity index (χ1n) is 7.82. The van der Waals surface area contributed by atoms with Crippen LogP contribution in [0.2, 0.25) is 5.28 Å². The summed E-state index contributed by atoms with van der Waals surface area (Å²) in [7, 11) is -4.32. The monoisotopic (exact) mass is 423 g/mol. The third kappa shape index (κ3) is 4.44. The molecule has 0 aliphatic carbocycles. The molecule has 0 bridgehead atoms. The number of hydrogen-bond donors (Lipinski definition) is 4. The molecule has 12 heteroatoms. The highest BCUT2D eigenvalue weighted by Gasteiger charge is 2.15. The predicted octanol–water partition coefficient (Wildman–Crippen LogP) is 2.55. The van der Waals surface area contributed by atoms with Crippen LogP contribution in [-0.2, 0) is 14.9 Å². The standard InChI is InChI=1S/C16H14ClN5O5S/c1-8(13(23)24)18-15-20-14(17)21-16(22-15)19-12-4-2-3-9-7-10(28(25,26)27)5-6-11(9)12/h2-8H,1H3,(H,23,24)(H,25,26,27)(H2,18,19,20,21,22). The lowest BCUT2D eigenvalue weighted by molar-refractivity contribution is -0.137. The minimum absolute atomic E-state index is 0.0219. The fourth-order valence-corrected chi connectivity index (χ4v) is 3.05. The van der Waals surface area contributed by atoms with E-state index in [4.69, 9.17) is 16.7 Å². The molecule has 0 amide bonds. The molecule has 0 aliphatic heterocycles. The van der Waals surface area contributed by atoms with Gasteiger partial charge in [-0.05, 0) is 42.1 Å². The molecule has 0 saturated heterocycles. The molecule has 1 aromatic heterocycles. The van der Waals surface area contributed by atoms with Crippen LogP contribution in [0.1, 0.15) is 6.92 Å². The van der Waals surface area contributed by atoms with Gasteiger partial charge < -0.3 is 15.7 Å². The van der Waals surface area contributed by atoms with Crippen molar-refractivity contribution >= 4 is 56.0 Å². The van der Waals surface area contributed by atoms with Crippen molar-refractivity contribution in [2.75, 3.05) is 10.6 Å². The number of carboxylic acid groups (broad SMARTS) is 1. The number of rotatable bonds is 6. The summed E-state index contributed by atoms with van der Waals surface area (Å²) in [6, 6.07) is 8.24. The molecule has 0 saturated carbocycles. The fraction of sp³-hybridized carbons (Fsp3) is 0.125. The van der Waals surface area contributed by atoms with Gasteiger partial charge in [0.1, 0.15) is 6.04 Å². The van der Waals surface area contributed by atoms with E-state index in [2.05, 4.69) is 25.6 Å². The number of fused-ring (bicyclic) bond motifs is 1. The van der Waals surface area contributed by atoms with Gasteiger partial charge in [0.2, 0.25) is 17.2 Å². The number of nitrogens with one attached hydrogen (secondary N) is 2. The van der Waals surface area contributed by atoms with Gasteiger partial charge in [0.05, 0.1) is 4.90 Å². The number of carboxylic acids is 1. The molecule has 0 fully saturated rings. The molecule has 28 heavy (non-hydrogen) atoms. The number of halogens is 1. The normalized spacial score (nSPS) is 12.5. The second-order valence-corrected chi connectivity index (χ2v) is 7.50. The van der Waals surface area contributed by atoms with E-state index >= 15 is 0 Å². The first-order valence-corrected chi connectivity index (χ1v) is 9.63. The molecule has 3 rings (SSSR count). The second-order valence-electron chi connectivity index (χ2n) is 5.74. The quantitative estimate of drug-likeness (QED) is 0.434. The molecule has 1 unspecified atom stereocenters. The molecule has 1 atom stereocenters. The molecule has 2 aromatic carbocycles. The van der Waals surface area contributed by atoms with Crippen LogP contribution < -0.4 is 10.6 Å². The van der Waals surface area contributed by atoms with Crippen LogP contribution in [0.5, 0.6) is 0 Å². The Kier molecular flexibility index (Phi) is 5.31. The van der Waals surface area contributed by atoms with Gasteiger partial charge in [0, 0.05) is 11.1 Å². The topological polar surface area (TPSA) is 154 Å². The SMILES string of the molecule is CC(Nc1nc(Cl)nc(Nc2cccc3cc(S(=O)(=O)O)ccc23)n1)C(=O)O. The van der Waals surface area contributed by atoms with Crippen LogP contribution in [0, 0.1) is 0 Å². The maximum Gasteiger partial charge on any atom is 0.325 e. The van der Waals surface area contributed by atoms with Gasteiger partial charge in [-0.2, -0.15) is 23.4 Å². The number of anilines is 3. The van der Waals surface area contributed by atoms with Crippen LogP contribution >= 0.6 is 11.6 Å². The lowest BCUT2D eigenvalue weighted by atomic mass is 10.1. The minimum Gasteiger partial charge on any atom is -0.480 e. The van der Waals surface area contributed by atoms with Crippen molar-refractivity contribution < 1.29 is 22.9 Å². The number of carbonyl (C=O) groups is 1. The summed E-state index contributed by atoms with van der Waals surface area (Å²) in [5, 5.41) is 15.5. The Morgan fingerprint density at radius 1 is 1.14 bits per heavy atom. The van der Waals surface area contributed by atoms with Gasteiger partial charge in [0.25, 0.3) is 10.1 Å². The fourth-order valence-electron chi connectivity index (χ4n) is 2.38. The number of benzene rings is 2. The molecule has 1 heterocycles. The highest BCUT2D eigenvalue weighted by Crippen LogP contribution is 2.28. The molecular formula is C16H14ClN5O5S. The van der Waals surface area contributed by atoms with Gasteiger partial charge in [0.15, 0.2) is 0 Å². The minimum atomic E-state index is -4.32. The van der Waals surface area contributed by atoms with Crippen LogP contribution in [-0.4, -0.2) is 45.0 Å². The summed E-state index contributed by atoms with van der Waals surface area (Å²) in [5.41, 5.74) is 0.541. The van der Waals surface area contributed by atoms with Crippen LogP contribution in [0.15, 0.2) is 41.3 Å². The Balaban J connectivity index is 1.96. The molecule has 3 aromatic rings. The van der Waals surface area contributed by atoms with E-state index in [-0.39, 0.29) is 22.1 Å². The molecule has 10 nitrogen and oxygen atoms in total. The van der Waals surface area contributed by atoms with Crippen molar-refractivity contribution in [1.29, 1.82) is 0 Å². The van der Waals surface area contributed by atoms with Crippen molar-refractivity contribution in [3.63, 3.8) is 0 Å². The lowest BCUT2D eigenvalue weighted by Crippen LogP contribution is -2.26. The summed E-state index contributed by atoms with van der Waals surface area (Å²) in [6.45, 7) is 1.42. The van der Waals surface area contributed by atoms with Crippen LogP contribution in [0.25, 0.3) is 10.8 Å². The first kappa shape index (κ1) is 19.7. The highest BCUT2D eigenvalue weighted by molar-refractivity contribution is 7.85. The van der Waals surface area contributed by atoms with E-state index in [9.17, 15) is 17.8 Å². The zero-order valence-corrected chi connectivity index (χ0v) is 15.9. The highest BCUT2D eigenvalue weighted by atomic mass is 35.5. The smallest absolute Gasteiger partial charge is 0.325 e. The van der Waals surface area contributed by atoms with E-state index in [1.165, 1.54) is 25.1 Å². The van der Waals surface area contributed by atoms with E-state index in [1.54, 1.807) is 18.2 Å². The summed E-state index contributed by atoms with van der Waals surface area (Å²) in [5.74, 6) is -1.05. The van der Waals surface area contributed by atoms with Gasteiger partial charge in [-0.3, -0.25) is 9.35 Å². The Morgan fingerprint density at radius 3 is 2.54 bits per heavy atom. The summed E-state index contributed by atoms with van der Waals surface area (Å²) in [4.78, 5) is 22.6. The van der Waals surface area contributed by atoms with Gasteiger partial charge in [-0.15, -0.1) is 0 Å². The number of nitrogens with zero attached hydrogens (tertiary/aromatic N) is 3. The van der Waals surface area contributed by atoms with E-state index in [0.29, 0.717) is 16.5 Å². The van der Waals surface area contributed by atoms with Gasteiger partial charge in [-0.1, -0.05) is 18.2 Å². The average molecular weight is 424 g/mol. The second kappa shape index (κ2) is 7.54. The molecular weight excluding hydrogens is 410 g/mol. The predicted molar refractivity (Wildman–Crippen MR) is 103 cm³/mol. The van der Waals surface area contributed by atoms with Crippen molar-refractivity contribution in [3.05, 3.63) is 41.7 Å². The molecule has 0 radical (unpaired) electrons.